The summed E-state index contributed by atoms with van der Waals surface area (Å²) in [6, 6.07) is 0.629. The molecular formula is C16H30N2O. The van der Waals surface area contributed by atoms with Gasteiger partial charge in [-0.25, -0.2) is 0 Å². The van der Waals surface area contributed by atoms with Gasteiger partial charge in [-0.3, -0.25) is 4.79 Å². The molecule has 0 aromatic rings. The van der Waals surface area contributed by atoms with Gasteiger partial charge in [0.1, 0.15) is 0 Å². The van der Waals surface area contributed by atoms with Crippen molar-refractivity contribution in [3.63, 3.8) is 0 Å². The van der Waals surface area contributed by atoms with Crippen molar-refractivity contribution >= 4 is 5.91 Å². The Bertz CT molecular complexity index is 305. The lowest BCUT2D eigenvalue weighted by Gasteiger charge is -2.32. The Kier molecular flexibility index (Phi) is 5.26. The average molecular weight is 266 g/mol. The third-order valence-corrected chi connectivity index (χ3v) is 5.18. The Morgan fingerprint density at radius 2 is 1.84 bits per heavy atom. The predicted molar refractivity (Wildman–Crippen MR) is 78.7 cm³/mol. The molecule has 2 aliphatic carbocycles. The van der Waals surface area contributed by atoms with Gasteiger partial charge in [0.25, 0.3) is 0 Å². The molecule has 2 fully saturated rings. The number of carbonyl (C=O) groups excluding carboxylic acids is 1. The summed E-state index contributed by atoms with van der Waals surface area (Å²) in [5.41, 5.74) is 6.02. The van der Waals surface area contributed by atoms with Crippen molar-refractivity contribution < 1.29 is 4.79 Å². The minimum Gasteiger partial charge on any atom is -0.353 e. The van der Waals surface area contributed by atoms with Gasteiger partial charge in [0, 0.05) is 18.0 Å². The van der Waals surface area contributed by atoms with Gasteiger partial charge in [0.05, 0.1) is 0 Å². The maximum Gasteiger partial charge on any atom is 0.223 e. The highest BCUT2D eigenvalue weighted by molar-refractivity contribution is 5.79. The molecule has 0 heterocycles. The van der Waals surface area contributed by atoms with Crippen molar-refractivity contribution in [2.75, 3.05) is 0 Å². The van der Waals surface area contributed by atoms with Crippen molar-refractivity contribution in [1.29, 1.82) is 0 Å². The summed E-state index contributed by atoms with van der Waals surface area (Å²) in [6.07, 6.45) is 9.18. The third-order valence-electron chi connectivity index (χ3n) is 5.18. The molecule has 0 bridgehead atoms. The Labute approximate surface area is 117 Å². The third kappa shape index (κ3) is 4.20. The van der Waals surface area contributed by atoms with E-state index in [0.29, 0.717) is 12.0 Å². The number of nitrogens with two attached hydrogens (primary N) is 1. The second-order valence-electron chi connectivity index (χ2n) is 6.98. The van der Waals surface area contributed by atoms with E-state index in [-0.39, 0.29) is 17.9 Å². The van der Waals surface area contributed by atoms with E-state index in [2.05, 4.69) is 19.2 Å². The molecule has 3 heteroatoms. The second kappa shape index (κ2) is 6.74. The molecule has 0 radical (unpaired) electrons. The molecule has 5 unspecified atom stereocenters. The summed E-state index contributed by atoms with van der Waals surface area (Å²) >= 11 is 0. The van der Waals surface area contributed by atoms with Gasteiger partial charge >= 0.3 is 0 Å². The van der Waals surface area contributed by atoms with Crippen LogP contribution in [0.4, 0.5) is 0 Å². The smallest absolute Gasteiger partial charge is 0.223 e. The molecule has 2 saturated carbocycles. The van der Waals surface area contributed by atoms with E-state index in [9.17, 15) is 4.79 Å². The van der Waals surface area contributed by atoms with Crippen LogP contribution >= 0.6 is 0 Å². The maximum absolute atomic E-state index is 12.4. The van der Waals surface area contributed by atoms with Crippen molar-refractivity contribution in [3.05, 3.63) is 0 Å². The second-order valence-corrected chi connectivity index (χ2v) is 6.98. The Hall–Kier alpha value is -0.570. The Balaban J connectivity index is 1.85. The van der Waals surface area contributed by atoms with E-state index >= 15 is 0 Å². The number of carbonyl (C=O) groups is 1. The molecular weight excluding hydrogens is 236 g/mol. The fourth-order valence-electron chi connectivity index (χ4n) is 3.66. The zero-order valence-corrected chi connectivity index (χ0v) is 12.5. The van der Waals surface area contributed by atoms with Crippen LogP contribution in [-0.4, -0.2) is 18.0 Å². The van der Waals surface area contributed by atoms with Crippen LogP contribution in [0.15, 0.2) is 0 Å². The van der Waals surface area contributed by atoms with Crippen LogP contribution in [0.25, 0.3) is 0 Å². The van der Waals surface area contributed by atoms with Crippen LogP contribution in [0.5, 0.6) is 0 Å². The largest absolute Gasteiger partial charge is 0.353 e. The van der Waals surface area contributed by atoms with Crippen molar-refractivity contribution in [3.8, 4) is 0 Å². The molecule has 0 aromatic carbocycles. The van der Waals surface area contributed by atoms with Crippen LogP contribution in [0.1, 0.15) is 65.2 Å². The molecule has 5 atom stereocenters. The highest BCUT2D eigenvalue weighted by Gasteiger charge is 2.32. The molecule has 0 saturated heterocycles. The van der Waals surface area contributed by atoms with Gasteiger partial charge < -0.3 is 11.1 Å². The van der Waals surface area contributed by atoms with Gasteiger partial charge in [0.2, 0.25) is 5.91 Å². The zero-order valence-electron chi connectivity index (χ0n) is 12.5. The molecule has 3 nitrogen and oxygen atoms in total. The molecule has 0 aromatic heterocycles. The SMILES string of the molecule is CC1CCCC(NC(=O)C2CC(N)CCC2C)CC1. The molecule has 110 valence electrons. The molecule has 0 spiro atoms. The summed E-state index contributed by atoms with van der Waals surface area (Å²) in [5.74, 6) is 1.72. The number of amides is 1. The minimum atomic E-state index is 0.143. The van der Waals surface area contributed by atoms with E-state index in [1.54, 1.807) is 0 Å². The van der Waals surface area contributed by atoms with Gasteiger partial charge in [0.15, 0.2) is 0 Å². The first-order valence-electron chi connectivity index (χ1n) is 8.12. The fourth-order valence-corrected chi connectivity index (χ4v) is 3.66. The van der Waals surface area contributed by atoms with Crippen LogP contribution in [0, 0.1) is 17.8 Å². The molecule has 3 N–H and O–H groups in total. The van der Waals surface area contributed by atoms with Crippen LogP contribution in [0.2, 0.25) is 0 Å². The number of hydrogen-bond donors (Lipinski definition) is 2. The quantitative estimate of drug-likeness (QED) is 0.755. The number of nitrogens with one attached hydrogen (secondary N) is 1. The van der Waals surface area contributed by atoms with Gasteiger partial charge in [-0.1, -0.05) is 26.7 Å². The first-order valence-corrected chi connectivity index (χ1v) is 8.12. The molecule has 2 rings (SSSR count). The van der Waals surface area contributed by atoms with Crippen molar-refractivity contribution in [2.24, 2.45) is 23.5 Å². The summed E-state index contributed by atoms with van der Waals surface area (Å²) in [4.78, 5) is 12.4. The normalized spacial score (nSPS) is 40.5. The van der Waals surface area contributed by atoms with Crippen LogP contribution < -0.4 is 11.1 Å². The van der Waals surface area contributed by atoms with E-state index in [1.165, 1.54) is 19.3 Å². The molecule has 0 aliphatic heterocycles. The first kappa shape index (κ1) is 14.8. The average Bonchev–Trinajstić information content (AvgIpc) is 2.57. The Morgan fingerprint density at radius 3 is 2.63 bits per heavy atom. The van der Waals surface area contributed by atoms with E-state index in [0.717, 1.165) is 38.0 Å². The summed E-state index contributed by atoms with van der Waals surface area (Å²) in [7, 11) is 0. The minimum absolute atomic E-state index is 0.143. The topological polar surface area (TPSA) is 55.1 Å². The van der Waals surface area contributed by atoms with Gasteiger partial charge in [-0.15, -0.1) is 0 Å². The number of rotatable bonds is 2. The fraction of sp³-hybridized carbons (Fsp3) is 0.938. The highest BCUT2D eigenvalue weighted by Crippen LogP contribution is 2.30. The predicted octanol–water partition coefficient (Wildman–Crippen LogP) is 2.83. The van der Waals surface area contributed by atoms with Gasteiger partial charge in [-0.05, 0) is 50.4 Å². The lowest BCUT2D eigenvalue weighted by molar-refractivity contribution is -0.128. The van der Waals surface area contributed by atoms with Gasteiger partial charge in [-0.2, -0.15) is 0 Å². The van der Waals surface area contributed by atoms with E-state index in [1.807, 2.05) is 0 Å². The lowest BCUT2D eigenvalue weighted by atomic mass is 9.77. The zero-order chi connectivity index (χ0) is 13.8. The summed E-state index contributed by atoms with van der Waals surface area (Å²) < 4.78 is 0. The lowest BCUT2D eigenvalue weighted by Crippen LogP contribution is -2.45. The van der Waals surface area contributed by atoms with Crippen LogP contribution in [-0.2, 0) is 4.79 Å². The monoisotopic (exact) mass is 266 g/mol. The highest BCUT2D eigenvalue weighted by atomic mass is 16.2. The van der Waals surface area contributed by atoms with E-state index in [4.69, 9.17) is 5.73 Å². The standard InChI is InChI=1S/C16H30N2O/c1-11-4-3-5-14(9-6-11)18-16(19)15-10-13(17)8-7-12(15)2/h11-15H,3-10,17H2,1-2H3,(H,18,19). The van der Waals surface area contributed by atoms with E-state index < -0.39 is 0 Å². The maximum atomic E-state index is 12.4. The van der Waals surface area contributed by atoms with Crippen molar-refractivity contribution in [1.82, 2.24) is 5.32 Å². The first-order chi connectivity index (χ1) is 9.06. The van der Waals surface area contributed by atoms with Crippen LogP contribution in [0.3, 0.4) is 0 Å². The summed E-state index contributed by atoms with van der Waals surface area (Å²) in [5, 5.41) is 3.31. The summed E-state index contributed by atoms with van der Waals surface area (Å²) in [6.45, 7) is 4.53. The molecule has 1 amide bonds. The molecule has 2 aliphatic rings. The molecule has 19 heavy (non-hydrogen) atoms. The number of hydrogen-bond acceptors (Lipinski definition) is 2. The van der Waals surface area contributed by atoms with Crippen molar-refractivity contribution in [2.45, 2.75) is 77.3 Å². The Morgan fingerprint density at radius 1 is 1.05 bits per heavy atom.